The van der Waals surface area contributed by atoms with Crippen LogP contribution in [0.3, 0.4) is 0 Å². The highest BCUT2D eigenvalue weighted by molar-refractivity contribution is 5.99. The molecule has 0 saturated heterocycles. The zero-order valence-electron chi connectivity index (χ0n) is 16.6. The van der Waals surface area contributed by atoms with Crippen molar-refractivity contribution in [2.24, 2.45) is 5.92 Å². The number of amides is 1. The Labute approximate surface area is 178 Å². The molecule has 0 aromatic carbocycles. The first kappa shape index (κ1) is 21.9. The van der Waals surface area contributed by atoms with Gasteiger partial charge in [-0.25, -0.2) is 4.98 Å². The van der Waals surface area contributed by atoms with Crippen molar-refractivity contribution in [3.8, 4) is 5.75 Å². The van der Waals surface area contributed by atoms with E-state index in [1.165, 1.54) is 18.3 Å². The van der Waals surface area contributed by atoms with E-state index in [2.05, 4.69) is 25.1 Å². The first-order chi connectivity index (χ1) is 15.1. The maximum absolute atomic E-state index is 12.9. The number of aromatic nitrogens is 4. The van der Waals surface area contributed by atoms with Gasteiger partial charge in [-0.1, -0.05) is 0 Å². The summed E-state index contributed by atoms with van der Waals surface area (Å²) in [7, 11) is 0. The molecule has 0 unspecified atom stereocenters. The summed E-state index contributed by atoms with van der Waals surface area (Å²) in [6.45, 7) is -1.63. The van der Waals surface area contributed by atoms with Crippen LogP contribution in [0, 0.1) is 5.92 Å². The molecule has 0 spiro atoms. The first-order valence-electron chi connectivity index (χ1n) is 9.75. The number of ether oxygens (including phenoxy) is 1. The van der Waals surface area contributed by atoms with E-state index in [4.69, 9.17) is 0 Å². The SMILES string of the molecule is O=C(CC1CC1)Nc1nccc2nn(Cc3ccc(OCC(F)(F)C(F)(F)F)cn3)cc12. The van der Waals surface area contributed by atoms with Crippen molar-refractivity contribution < 1.29 is 31.5 Å². The van der Waals surface area contributed by atoms with Crippen LogP contribution in [0.15, 0.2) is 36.8 Å². The van der Waals surface area contributed by atoms with E-state index in [1.807, 2.05) is 0 Å². The average Bonchev–Trinajstić information content (AvgIpc) is 3.43. The minimum atomic E-state index is -5.69. The molecule has 1 fully saturated rings. The smallest absolute Gasteiger partial charge is 0.456 e. The van der Waals surface area contributed by atoms with Crippen LogP contribution < -0.4 is 10.1 Å². The van der Waals surface area contributed by atoms with Gasteiger partial charge < -0.3 is 10.1 Å². The zero-order chi connectivity index (χ0) is 22.9. The number of hydrogen-bond donors (Lipinski definition) is 1. The van der Waals surface area contributed by atoms with Gasteiger partial charge in [0.2, 0.25) is 5.91 Å². The van der Waals surface area contributed by atoms with Crippen LogP contribution in [0.25, 0.3) is 10.9 Å². The topological polar surface area (TPSA) is 81.9 Å². The van der Waals surface area contributed by atoms with Gasteiger partial charge in [0.05, 0.1) is 29.3 Å². The lowest BCUT2D eigenvalue weighted by atomic mass is 10.2. The fraction of sp³-hybridized carbons (Fsp3) is 0.400. The molecule has 12 heteroatoms. The predicted octanol–water partition coefficient (Wildman–Crippen LogP) is 4.19. The van der Waals surface area contributed by atoms with Gasteiger partial charge in [0.25, 0.3) is 0 Å². The Balaban J connectivity index is 1.41. The molecule has 1 amide bonds. The molecule has 170 valence electrons. The van der Waals surface area contributed by atoms with Gasteiger partial charge in [-0.3, -0.25) is 14.5 Å². The number of nitrogens with zero attached hydrogens (tertiary/aromatic N) is 4. The van der Waals surface area contributed by atoms with Crippen molar-refractivity contribution in [2.45, 2.75) is 37.9 Å². The summed E-state index contributed by atoms with van der Waals surface area (Å²) in [5, 5.41) is 7.84. The number of hydrogen-bond acceptors (Lipinski definition) is 5. The van der Waals surface area contributed by atoms with Gasteiger partial charge in [0.1, 0.15) is 11.6 Å². The van der Waals surface area contributed by atoms with Crippen LogP contribution in [0.1, 0.15) is 25.0 Å². The maximum atomic E-state index is 12.9. The molecule has 1 N–H and O–H groups in total. The second kappa shape index (κ2) is 8.32. The highest BCUT2D eigenvalue weighted by Crippen LogP contribution is 2.35. The fourth-order valence-corrected chi connectivity index (χ4v) is 2.95. The summed E-state index contributed by atoms with van der Waals surface area (Å²) >= 11 is 0. The third kappa shape index (κ3) is 5.11. The minimum Gasteiger partial charge on any atom is -0.485 e. The molecule has 1 aliphatic carbocycles. The standard InChI is InChI=1S/C20H18F5N5O2/c21-19(22,20(23,24)25)11-32-14-4-3-13(27-8-14)9-30-10-15-16(29-30)5-6-26-18(15)28-17(31)7-12-1-2-12/h3-6,8,10,12H,1-2,7,9,11H2,(H,26,28,31). The molecule has 3 aromatic rings. The lowest BCUT2D eigenvalue weighted by Gasteiger charge is -2.19. The Morgan fingerprint density at radius 1 is 1.16 bits per heavy atom. The Bertz CT molecular complexity index is 1110. The van der Waals surface area contributed by atoms with Gasteiger partial charge in [0, 0.05) is 18.8 Å². The van der Waals surface area contributed by atoms with Gasteiger partial charge >= 0.3 is 12.1 Å². The second-order valence-corrected chi connectivity index (χ2v) is 7.59. The first-order valence-corrected chi connectivity index (χ1v) is 9.75. The molecule has 0 radical (unpaired) electrons. The van der Waals surface area contributed by atoms with E-state index in [0.29, 0.717) is 34.8 Å². The summed E-state index contributed by atoms with van der Waals surface area (Å²) in [6, 6.07) is 4.38. The van der Waals surface area contributed by atoms with Gasteiger partial charge in [-0.05, 0) is 37.0 Å². The summed E-state index contributed by atoms with van der Waals surface area (Å²) in [5.74, 6) is -4.43. The quantitative estimate of drug-likeness (QED) is 0.515. The zero-order valence-corrected chi connectivity index (χ0v) is 16.6. The van der Waals surface area contributed by atoms with Gasteiger partial charge in [-0.2, -0.15) is 27.1 Å². The van der Waals surface area contributed by atoms with Crippen LogP contribution in [0.4, 0.5) is 27.8 Å². The Hall–Kier alpha value is -3.31. The van der Waals surface area contributed by atoms with Crippen LogP contribution >= 0.6 is 0 Å². The molecule has 7 nitrogen and oxygen atoms in total. The van der Waals surface area contributed by atoms with E-state index in [1.54, 1.807) is 16.9 Å². The van der Waals surface area contributed by atoms with Crippen molar-refractivity contribution in [3.63, 3.8) is 0 Å². The molecular formula is C20H18F5N5O2. The molecule has 0 aliphatic heterocycles. The lowest BCUT2D eigenvalue weighted by molar-refractivity contribution is -0.290. The van der Waals surface area contributed by atoms with Gasteiger partial charge in [0.15, 0.2) is 6.61 Å². The van der Waals surface area contributed by atoms with Crippen LogP contribution in [0.5, 0.6) is 5.75 Å². The molecule has 0 bridgehead atoms. The van der Waals surface area contributed by atoms with E-state index >= 15 is 0 Å². The number of alkyl halides is 5. The molecule has 32 heavy (non-hydrogen) atoms. The number of carbonyl (C=O) groups is 1. The maximum Gasteiger partial charge on any atom is 0.456 e. The van der Waals surface area contributed by atoms with Crippen molar-refractivity contribution in [3.05, 3.63) is 42.5 Å². The Morgan fingerprint density at radius 2 is 1.94 bits per heavy atom. The van der Waals surface area contributed by atoms with E-state index < -0.39 is 18.7 Å². The van der Waals surface area contributed by atoms with Crippen molar-refractivity contribution in [2.75, 3.05) is 11.9 Å². The van der Waals surface area contributed by atoms with E-state index in [0.717, 1.165) is 19.0 Å². The van der Waals surface area contributed by atoms with Crippen molar-refractivity contribution in [1.29, 1.82) is 0 Å². The molecule has 1 saturated carbocycles. The molecule has 3 heterocycles. The predicted molar refractivity (Wildman–Crippen MR) is 103 cm³/mol. The number of pyridine rings is 2. The average molecular weight is 455 g/mol. The summed E-state index contributed by atoms with van der Waals surface area (Å²) in [5.41, 5.74) is 1.08. The van der Waals surface area contributed by atoms with Crippen LogP contribution in [-0.2, 0) is 11.3 Å². The second-order valence-electron chi connectivity index (χ2n) is 7.59. The molecule has 4 rings (SSSR count). The third-order valence-corrected chi connectivity index (χ3v) is 4.87. The summed E-state index contributed by atoms with van der Waals surface area (Å²) in [6.07, 6.45) is 1.18. The van der Waals surface area contributed by atoms with Crippen molar-refractivity contribution in [1.82, 2.24) is 19.7 Å². The molecule has 3 aromatic heterocycles. The van der Waals surface area contributed by atoms with E-state index in [9.17, 15) is 26.7 Å². The summed E-state index contributed by atoms with van der Waals surface area (Å²) in [4.78, 5) is 20.3. The summed E-state index contributed by atoms with van der Waals surface area (Å²) < 4.78 is 68.6. The monoisotopic (exact) mass is 455 g/mol. The number of rotatable bonds is 8. The Morgan fingerprint density at radius 3 is 2.59 bits per heavy atom. The van der Waals surface area contributed by atoms with Crippen LogP contribution in [0.2, 0.25) is 0 Å². The number of fused-ring (bicyclic) bond motifs is 1. The van der Waals surface area contributed by atoms with Gasteiger partial charge in [-0.15, -0.1) is 0 Å². The number of carbonyl (C=O) groups excluding carboxylic acids is 1. The number of anilines is 1. The highest BCUT2D eigenvalue weighted by Gasteiger charge is 2.58. The van der Waals surface area contributed by atoms with Crippen LogP contribution in [-0.4, -0.2) is 44.4 Å². The largest absolute Gasteiger partial charge is 0.485 e. The number of nitrogens with one attached hydrogen (secondary N) is 1. The normalized spacial score (nSPS) is 14.5. The van der Waals surface area contributed by atoms with Crippen molar-refractivity contribution >= 4 is 22.6 Å². The molecule has 0 atom stereocenters. The van der Waals surface area contributed by atoms with E-state index in [-0.39, 0.29) is 18.2 Å². The third-order valence-electron chi connectivity index (χ3n) is 4.87. The minimum absolute atomic E-state index is 0.103. The highest BCUT2D eigenvalue weighted by atomic mass is 19.4. The molecule has 1 aliphatic rings. The number of halogens is 5. The molecular weight excluding hydrogens is 437 g/mol. The fourth-order valence-electron chi connectivity index (χ4n) is 2.95. The lowest BCUT2D eigenvalue weighted by Crippen LogP contribution is -2.41. The Kier molecular flexibility index (Phi) is 5.70.